The van der Waals surface area contributed by atoms with Crippen LogP contribution in [0.15, 0.2) is 41.2 Å². The largest absolute Gasteiger partial charge is 0.493 e. The molecule has 2 heterocycles. The predicted molar refractivity (Wildman–Crippen MR) is 130 cm³/mol. The Morgan fingerprint density at radius 2 is 1.82 bits per heavy atom. The number of fused-ring (bicyclic) bond motifs is 1. The topological polar surface area (TPSA) is 94.9 Å². The fourth-order valence-electron chi connectivity index (χ4n) is 4.12. The summed E-state index contributed by atoms with van der Waals surface area (Å²) in [4.78, 5) is 33.5. The molecule has 1 aliphatic heterocycles. The number of amides is 1. The van der Waals surface area contributed by atoms with Crippen molar-refractivity contribution in [2.75, 3.05) is 45.8 Å². The zero-order valence-electron chi connectivity index (χ0n) is 19.8. The standard InChI is InChI=1S/C25H30N4O5/c1-4-17-7-5-6-8-19(17)27-24(30)16-29-23(15-28-9-11-34-12-10-28)26-20-14-22(33-3)21(32-2)13-18(20)25(29)31/h5-8,13-14H,4,9-12,15-16H2,1-3H3,(H,27,30). The molecule has 9 nitrogen and oxygen atoms in total. The van der Waals surface area contributed by atoms with E-state index in [2.05, 4.69) is 10.2 Å². The van der Waals surface area contributed by atoms with Crippen LogP contribution in [0.1, 0.15) is 18.3 Å². The SMILES string of the molecule is CCc1ccccc1NC(=O)Cn1c(CN2CCOCC2)nc2cc(OC)c(OC)cc2c1=O. The highest BCUT2D eigenvalue weighted by atomic mass is 16.5. The summed E-state index contributed by atoms with van der Waals surface area (Å²) in [6, 6.07) is 11.0. The van der Waals surface area contributed by atoms with Crippen LogP contribution >= 0.6 is 0 Å². The van der Waals surface area contributed by atoms with Crippen LogP contribution in [0.4, 0.5) is 5.69 Å². The molecule has 9 heteroatoms. The first-order valence-corrected chi connectivity index (χ1v) is 11.4. The van der Waals surface area contributed by atoms with Crippen LogP contribution in [-0.4, -0.2) is 60.9 Å². The van der Waals surface area contributed by atoms with Crippen LogP contribution in [0.5, 0.6) is 11.5 Å². The Balaban J connectivity index is 1.73. The molecular formula is C25H30N4O5. The number of aromatic nitrogens is 2. The molecule has 0 saturated carbocycles. The smallest absolute Gasteiger partial charge is 0.262 e. The summed E-state index contributed by atoms with van der Waals surface area (Å²) in [5.41, 5.74) is 1.98. The van der Waals surface area contributed by atoms with E-state index in [0.717, 1.165) is 30.8 Å². The average molecular weight is 467 g/mol. The fraction of sp³-hybridized carbons (Fsp3) is 0.400. The second-order valence-electron chi connectivity index (χ2n) is 8.09. The summed E-state index contributed by atoms with van der Waals surface area (Å²) in [5, 5.41) is 3.32. The number of hydrogen-bond acceptors (Lipinski definition) is 7. The maximum absolute atomic E-state index is 13.6. The lowest BCUT2D eigenvalue weighted by Crippen LogP contribution is -2.39. The number of carbonyl (C=O) groups is 1. The number of benzene rings is 2. The van der Waals surface area contributed by atoms with Crippen LogP contribution in [0.25, 0.3) is 10.9 Å². The van der Waals surface area contributed by atoms with E-state index in [-0.39, 0.29) is 18.0 Å². The number of morpholine rings is 1. The van der Waals surface area contributed by atoms with Gasteiger partial charge in [0, 0.05) is 24.8 Å². The van der Waals surface area contributed by atoms with Crippen molar-refractivity contribution in [3.63, 3.8) is 0 Å². The van der Waals surface area contributed by atoms with Gasteiger partial charge in [0.05, 0.1) is 44.9 Å². The molecule has 1 aromatic heterocycles. The van der Waals surface area contributed by atoms with Crippen LogP contribution < -0.4 is 20.3 Å². The Morgan fingerprint density at radius 3 is 2.53 bits per heavy atom. The molecule has 0 bridgehead atoms. The second-order valence-corrected chi connectivity index (χ2v) is 8.09. The first kappa shape index (κ1) is 23.7. The van der Waals surface area contributed by atoms with Gasteiger partial charge in [0.15, 0.2) is 11.5 Å². The quantitative estimate of drug-likeness (QED) is 0.545. The molecule has 1 amide bonds. The number of nitrogens with zero attached hydrogens (tertiary/aromatic N) is 3. The van der Waals surface area contributed by atoms with Crippen molar-refractivity contribution in [1.29, 1.82) is 0 Å². The van der Waals surface area contributed by atoms with E-state index < -0.39 is 0 Å². The van der Waals surface area contributed by atoms with Gasteiger partial charge in [-0.25, -0.2) is 4.98 Å². The molecule has 180 valence electrons. The van der Waals surface area contributed by atoms with Crippen molar-refractivity contribution >= 4 is 22.5 Å². The number of anilines is 1. The van der Waals surface area contributed by atoms with Gasteiger partial charge in [-0.1, -0.05) is 25.1 Å². The Hall–Kier alpha value is -3.43. The molecule has 2 aromatic carbocycles. The van der Waals surface area contributed by atoms with Gasteiger partial charge in [-0.05, 0) is 24.1 Å². The normalized spacial score (nSPS) is 14.2. The number of rotatable bonds is 8. The lowest BCUT2D eigenvalue weighted by atomic mass is 10.1. The summed E-state index contributed by atoms with van der Waals surface area (Å²) >= 11 is 0. The molecule has 1 saturated heterocycles. The molecule has 0 atom stereocenters. The molecule has 0 radical (unpaired) electrons. The molecule has 1 N–H and O–H groups in total. The number of hydrogen-bond donors (Lipinski definition) is 1. The summed E-state index contributed by atoms with van der Waals surface area (Å²) in [6.45, 7) is 5.03. The predicted octanol–water partition coefficient (Wildman–Crippen LogP) is 2.45. The zero-order chi connectivity index (χ0) is 24.1. The molecular weight excluding hydrogens is 436 g/mol. The molecule has 0 aliphatic carbocycles. The van der Waals surface area contributed by atoms with Gasteiger partial charge >= 0.3 is 0 Å². The maximum atomic E-state index is 13.6. The van der Waals surface area contributed by atoms with Gasteiger partial charge in [-0.2, -0.15) is 0 Å². The number of para-hydroxylation sites is 1. The Labute approximate surface area is 198 Å². The molecule has 0 unspecified atom stereocenters. The third kappa shape index (κ3) is 5.05. The monoisotopic (exact) mass is 466 g/mol. The van der Waals surface area contributed by atoms with Crippen molar-refractivity contribution in [3.8, 4) is 11.5 Å². The van der Waals surface area contributed by atoms with Gasteiger partial charge in [-0.3, -0.25) is 19.1 Å². The minimum atomic E-state index is -0.298. The number of nitrogens with one attached hydrogen (secondary N) is 1. The van der Waals surface area contributed by atoms with E-state index in [1.54, 1.807) is 12.1 Å². The first-order chi connectivity index (χ1) is 16.5. The average Bonchev–Trinajstić information content (AvgIpc) is 2.86. The van der Waals surface area contributed by atoms with E-state index in [0.29, 0.717) is 48.0 Å². The number of methoxy groups -OCH3 is 2. The van der Waals surface area contributed by atoms with Gasteiger partial charge in [0.2, 0.25) is 5.91 Å². The van der Waals surface area contributed by atoms with Crippen LogP contribution in [0, 0.1) is 0 Å². The first-order valence-electron chi connectivity index (χ1n) is 11.4. The Kier molecular flexibility index (Phi) is 7.44. The number of aryl methyl sites for hydroxylation is 1. The van der Waals surface area contributed by atoms with Crippen molar-refractivity contribution in [2.24, 2.45) is 0 Å². The maximum Gasteiger partial charge on any atom is 0.262 e. The molecule has 1 fully saturated rings. The lowest BCUT2D eigenvalue weighted by molar-refractivity contribution is -0.116. The van der Waals surface area contributed by atoms with Gasteiger partial charge < -0.3 is 19.5 Å². The second kappa shape index (κ2) is 10.7. The van der Waals surface area contributed by atoms with Crippen molar-refractivity contribution < 1.29 is 19.0 Å². The van der Waals surface area contributed by atoms with Crippen LogP contribution in [0.3, 0.4) is 0 Å². The van der Waals surface area contributed by atoms with Crippen molar-refractivity contribution in [2.45, 2.75) is 26.4 Å². The minimum absolute atomic E-state index is 0.145. The number of carbonyl (C=O) groups excluding carboxylic acids is 1. The van der Waals surface area contributed by atoms with E-state index in [9.17, 15) is 9.59 Å². The highest BCUT2D eigenvalue weighted by Gasteiger charge is 2.20. The Morgan fingerprint density at radius 1 is 1.12 bits per heavy atom. The highest BCUT2D eigenvalue weighted by molar-refractivity contribution is 5.91. The molecule has 3 aromatic rings. The van der Waals surface area contributed by atoms with Gasteiger partial charge in [-0.15, -0.1) is 0 Å². The van der Waals surface area contributed by atoms with Crippen molar-refractivity contribution in [1.82, 2.24) is 14.5 Å². The van der Waals surface area contributed by atoms with E-state index in [4.69, 9.17) is 19.2 Å². The fourth-order valence-corrected chi connectivity index (χ4v) is 4.12. The summed E-state index contributed by atoms with van der Waals surface area (Å²) < 4.78 is 17.7. The Bertz CT molecular complexity index is 1230. The van der Waals surface area contributed by atoms with Gasteiger partial charge in [0.1, 0.15) is 12.4 Å². The summed E-state index contributed by atoms with van der Waals surface area (Å²) in [7, 11) is 3.05. The van der Waals surface area contributed by atoms with E-state index in [1.807, 2.05) is 31.2 Å². The number of ether oxygens (including phenoxy) is 3. The molecule has 1 aliphatic rings. The van der Waals surface area contributed by atoms with E-state index in [1.165, 1.54) is 18.8 Å². The van der Waals surface area contributed by atoms with E-state index >= 15 is 0 Å². The highest BCUT2D eigenvalue weighted by Crippen LogP contribution is 2.30. The van der Waals surface area contributed by atoms with Gasteiger partial charge in [0.25, 0.3) is 5.56 Å². The molecule has 0 spiro atoms. The molecule has 4 rings (SSSR count). The van der Waals surface area contributed by atoms with Crippen LogP contribution in [0.2, 0.25) is 0 Å². The van der Waals surface area contributed by atoms with Crippen LogP contribution in [-0.2, 0) is 29.0 Å². The molecule has 34 heavy (non-hydrogen) atoms. The minimum Gasteiger partial charge on any atom is -0.493 e. The van der Waals surface area contributed by atoms with Crippen molar-refractivity contribution in [3.05, 3.63) is 58.1 Å². The third-order valence-electron chi connectivity index (χ3n) is 5.98. The summed E-state index contributed by atoms with van der Waals surface area (Å²) in [6.07, 6.45) is 0.790. The summed E-state index contributed by atoms with van der Waals surface area (Å²) in [5.74, 6) is 1.16. The third-order valence-corrected chi connectivity index (χ3v) is 5.98. The zero-order valence-corrected chi connectivity index (χ0v) is 19.8. The lowest BCUT2D eigenvalue weighted by Gasteiger charge is -2.27.